The minimum atomic E-state index is 0.246. The molecular weight excluding hydrogens is 232 g/mol. The summed E-state index contributed by atoms with van der Waals surface area (Å²) in [6.07, 6.45) is 1.99. The van der Waals surface area contributed by atoms with Crippen molar-refractivity contribution in [2.75, 3.05) is 0 Å². The summed E-state index contributed by atoms with van der Waals surface area (Å²) in [7, 11) is 0. The third kappa shape index (κ3) is 3.97. The second kappa shape index (κ2) is 5.06. The minimum Gasteiger partial charge on any atom is -0.374 e. The van der Waals surface area contributed by atoms with Gasteiger partial charge in [0.2, 0.25) is 0 Å². The van der Waals surface area contributed by atoms with Crippen LogP contribution < -0.4 is 0 Å². The molecule has 0 saturated carbocycles. The van der Waals surface area contributed by atoms with Crippen LogP contribution in [0, 0.1) is 28.1 Å². The van der Waals surface area contributed by atoms with Gasteiger partial charge in [-0.3, -0.25) is 0 Å². The van der Waals surface area contributed by atoms with Crippen molar-refractivity contribution in [1.29, 1.82) is 0 Å². The van der Waals surface area contributed by atoms with E-state index in [-0.39, 0.29) is 5.41 Å². The highest BCUT2D eigenvalue weighted by Gasteiger charge is 2.49. The van der Waals surface area contributed by atoms with Crippen LogP contribution in [0.1, 0.15) is 75.7 Å². The predicted octanol–water partition coefficient (Wildman–Crippen LogP) is 5.53. The Morgan fingerprint density at radius 2 is 1.32 bits per heavy atom. The van der Waals surface area contributed by atoms with Crippen molar-refractivity contribution in [3.63, 3.8) is 0 Å². The average Bonchev–Trinajstić information content (AvgIpc) is 2.57. The van der Waals surface area contributed by atoms with E-state index in [9.17, 15) is 0 Å². The molecule has 1 aliphatic heterocycles. The van der Waals surface area contributed by atoms with E-state index in [1.807, 2.05) is 0 Å². The summed E-state index contributed by atoms with van der Waals surface area (Å²) < 4.78 is 6.55. The molecule has 1 aliphatic rings. The van der Waals surface area contributed by atoms with Crippen molar-refractivity contribution in [2.45, 2.75) is 87.9 Å². The fourth-order valence-electron chi connectivity index (χ4n) is 3.07. The molecule has 1 saturated heterocycles. The lowest BCUT2D eigenvalue weighted by molar-refractivity contribution is -0.0719. The van der Waals surface area contributed by atoms with Gasteiger partial charge in [0.05, 0.1) is 12.2 Å². The molecule has 1 heteroatoms. The highest BCUT2D eigenvalue weighted by atomic mass is 16.5. The Morgan fingerprint density at radius 3 is 1.63 bits per heavy atom. The van der Waals surface area contributed by atoms with E-state index in [0.717, 1.165) is 0 Å². The number of hydrogen-bond donors (Lipinski definition) is 0. The van der Waals surface area contributed by atoms with Gasteiger partial charge in [-0.05, 0) is 34.5 Å². The van der Waals surface area contributed by atoms with Crippen LogP contribution in [0.2, 0.25) is 0 Å². The Balaban J connectivity index is 3.00. The Hall–Kier alpha value is -0.0400. The lowest BCUT2D eigenvalue weighted by Gasteiger charge is -2.39. The Morgan fingerprint density at radius 1 is 0.842 bits per heavy atom. The van der Waals surface area contributed by atoms with Gasteiger partial charge in [-0.15, -0.1) is 0 Å². The van der Waals surface area contributed by atoms with E-state index in [4.69, 9.17) is 4.74 Å². The van der Waals surface area contributed by atoms with Gasteiger partial charge in [0.1, 0.15) is 0 Å². The molecule has 1 nitrogen and oxygen atoms in total. The molecule has 114 valence electrons. The van der Waals surface area contributed by atoms with Gasteiger partial charge in [0.25, 0.3) is 0 Å². The summed E-state index contributed by atoms with van der Waals surface area (Å²) in [6, 6.07) is 0. The standard InChI is InChI=1S/C18H36O/c1-12(16(2,3)4)15-13(17(5,6)7)11-14(19-15)18(8,9)10/h12-15H,11H2,1-10H3/t12-,13-,14-,15-/m1/s1. The van der Waals surface area contributed by atoms with E-state index in [2.05, 4.69) is 69.2 Å². The third-order valence-electron chi connectivity index (χ3n) is 5.12. The maximum Gasteiger partial charge on any atom is 0.0643 e. The molecule has 0 aromatic heterocycles. The molecule has 0 aromatic rings. The fraction of sp³-hybridized carbons (Fsp3) is 1.00. The number of rotatable bonds is 1. The van der Waals surface area contributed by atoms with Gasteiger partial charge in [-0.25, -0.2) is 0 Å². The van der Waals surface area contributed by atoms with Gasteiger partial charge in [-0.1, -0.05) is 69.2 Å². The van der Waals surface area contributed by atoms with Crippen molar-refractivity contribution in [1.82, 2.24) is 0 Å². The predicted molar refractivity (Wildman–Crippen MR) is 84.3 cm³/mol. The smallest absolute Gasteiger partial charge is 0.0643 e. The summed E-state index contributed by atoms with van der Waals surface area (Å²) >= 11 is 0. The molecule has 4 atom stereocenters. The molecule has 0 radical (unpaired) electrons. The van der Waals surface area contributed by atoms with E-state index in [1.54, 1.807) is 0 Å². The van der Waals surface area contributed by atoms with Crippen molar-refractivity contribution in [2.24, 2.45) is 28.1 Å². The summed E-state index contributed by atoms with van der Waals surface area (Å²) in [5, 5.41) is 0. The van der Waals surface area contributed by atoms with E-state index in [1.165, 1.54) is 6.42 Å². The largest absolute Gasteiger partial charge is 0.374 e. The summed E-state index contributed by atoms with van der Waals surface area (Å²) in [4.78, 5) is 0. The van der Waals surface area contributed by atoms with Crippen LogP contribution in [-0.4, -0.2) is 12.2 Å². The summed E-state index contributed by atoms with van der Waals surface area (Å²) in [6.45, 7) is 23.4. The molecule has 0 spiro atoms. The van der Waals surface area contributed by atoms with Gasteiger partial charge >= 0.3 is 0 Å². The zero-order chi connectivity index (χ0) is 15.2. The van der Waals surface area contributed by atoms with Crippen LogP contribution in [0.4, 0.5) is 0 Å². The first kappa shape index (κ1) is 17.0. The maximum atomic E-state index is 6.55. The molecule has 0 amide bonds. The highest BCUT2D eigenvalue weighted by molar-refractivity contribution is 4.97. The average molecular weight is 268 g/mol. The molecule has 1 heterocycles. The summed E-state index contributed by atoms with van der Waals surface area (Å²) in [5.41, 5.74) is 0.876. The molecule has 0 unspecified atom stereocenters. The van der Waals surface area contributed by atoms with E-state index < -0.39 is 0 Å². The Labute approximate surface area is 121 Å². The van der Waals surface area contributed by atoms with Gasteiger partial charge in [0.15, 0.2) is 0 Å². The van der Waals surface area contributed by atoms with Crippen molar-refractivity contribution >= 4 is 0 Å². The molecule has 0 bridgehead atoms. The zero-order valence-electron chi connectivity index (χ0n) is 14.9. The number of ether oxygens (including phenoxy) is 1. The van der Waals surface area contributed by atoms with Crippen LogP contribution in [0.5, 0.6) is 0 Å². The second-order valence-electron chi connectivity index (χ2n) is 9.82. The van der Waals surface area contributed by atoms with Crippen molar-refractivity contribution < 1.29 is 4.74 Å². The van der Waals surface area contributed by atoms with Gasteiger partial charge in [0, 0.05) is 0 Å². The third-order valence-corrected chi connectivity index (χ3v) is 5.12. The number of hydrogen-bond acceptors (Lipinski definition) is 1. The molecule has 19 heavy (non-hydrogen) atoms. The van der Waals surface area contributed by atoms with Crippen LogP contribution in [0.25, 0.3) is 0 Å². The van der Waals surface area contributed by atoms with Crippen LogP contribution in [0.3, 0.4) is 0 Å². The quantitative estimate of drug-likeness (QED) is 0.607. The molecule has 0 N–H and O–H groups in total. The normalized spacial score (nSPS) is 31.6. The fourth-order valence-corrected chi connectivity index (χ4v) is 3.07. The minimum absolute atomic E-state index is 0.246. The lowest BCUT2D eigenvalue weighted by atomic mass is 9.67. The Kier molecular flexibility index (Phi) is 4.53. The van der Waals surface area contributed by atoms with Crippen molar-refractivity contribution in [3.05, 3.63) is 0 Å². The summed E-state index contributed by atoms with van der Waals surface area (Å²) in [5.74, 6) is 1.25. The lowest BCUT2D eigenvalue weighted by Crippen LogP contribution is -2.38. The molecule has 1 fully saturated rings. The highest BCUT2D eigenvalue weighted by Crippen LogP contribution is 2.49. The monoisotopic (exact) mass is 268 g/mol. The molecular formula is C18H36O. The SMILES string of the molecule is C[C@H]([C@H]1O[C@@H](C(C)(C)C)C[C@H]1C(C)(C)C)C(C)(C)C. The van der Waals surface area contributed by atoms with Crippen LogP contribution in [-0.2, 0) is 4.74 Å². The van der Waals surface area contributed by atoms with Crippen LogP contribution in [0.15, 0.2) is 0 Å². The topological polar surface area (TPSA) is 9.23 Å². The molecule has 0 aliphatic carbocycles. The van der Waals surface area contributed by atoms with Gasteiger partial charge < -0.3 is 4.74 Å². The first-order chi connectivity index (χ1) is 8.24. The van der Waals surface area contributed by atoms with Crippen LogP contribution >= 0.6 is 0 Å². The second-order valence-corrected chi connectivity index (χ2v) is 9.82. The van der Waals surface area contributed by atoms with E-state index in [0.29, 0.717) is 34.9 Å². The van der Waals surface area contributed by atoms with E-state index >= 15 is 0 Å². The first-order valence-corrected chi connectivity index (χ1v) is 7.90. The van der Waals surface area contributed by atoms with Crippen molar-refractivity contribution in [3.8, 4) is 0 Å². The Bertz CT molecular complexity index is 297. The van der Waals surface area contributed by atoms with Gasteiger partial charge in [-0.2, -0.15) is 0 Å². The zero-order valence-corrected chi connectivity index (χ0v) is 14.9. The molecule has 0 aromatic carbocycles. The maximum absolute atomic E-state index is 6.55. The first-order valence-electron chi connectivity index (χ1n) is 7.90. The molecule has 1 rings (SSSR count).